The lowest BCUT2D eigenvalue weighted by Crippen LogP contribution is -2.25. The number of nitrogens with one attached hydrogen (secondary N) is 2. The summed E-state index contributed by atoms with van der Waals surface area (Å²) < 4.78 is 12.9. The number of aliphatic carboxylic acids is 1. The number of allylic oxidation sites excluding steroid dienone is 1. The number of carboxylic acids is 1. The number of methoxy groups -OCH3 is 2. The smallest absolute Gasteiger partial charge is 0.352 e. The zero-order valence-electron chi connectivity index (χ0n) is 17.1. The van der Waals surface area contributed by atoms with E-state index in [0.717, 1.165) is 10.0 Å². The zero-order valence-corrected chi connectivity index (χ0v) is 18.7. The van der Waals surface area contributed by atoms with Gasteiger partial charge in [-0.15, -0.1) is 0 Å². The highest BCUT2D eigenvalue weighted by molar-refractivity contribution is 9.10. The Bertz CT molecular complexity index is 1240. The summed E-state index contributed by atoms with van der Waals surface area (Å²) in [5.41, 5.74) is 1.45. The maximum atomic E-state index is 13.0. The average Bonchev–Trinajstić information content (AvgIpc) is 3.23. The van der Waals surface area contributed by atoms with Gasteiger partial charge < -0.3 is 25.2 Å². The number of benzene rings is 2. The minimum absolute atomic E-state index is 0.0427. The number of amides is 1. The Morgan fingerprint density at radius 2 is 1.91 bits per heavy atom. The van der Waals surface area contributed by atoms with E-state index < -0.39 is 17.9 Å². The third-order valence-corrected chi connectivity index (χ3v) is 5.70. The van der Waals surface area contributed by atoms with Crippen LogP contribution in [0.15, 0.2) is 64.9 Å². The van der Waals surface area contributed by atoms with E-state index in [4.69, 9.17) is 9.47 Å². The number of halogens is 1. The van der Waals surface area contributed by atoms with Gasteiger partial charge in [0.15, 0.2) is 11.5 Å². The fraction of sp³-hybridized carbons (Fsp3) is 0.136. The second-order valence-electron chi connectivity index (χ2n) is 6.85. The van der Waals surface area contributed by atoms with Crippen LogP contribution < -0.4 is 20.1 Å². The van der Waals surface area contributed by atoms with Gasteiger partial charge in [-0.25, -0.2) is 9.48 Å². The molecule has 0 spiro atoms. The lowest BCUT2D eigenvalue weighted by molar-refractivity contribution is -0.132. The Morgan fingerprint density at radius 1 is 1.16 bits per heavy atom. The van der Waals surface area contributed by atoms with E-state index >= 15 is 0 Å². The van der Waals surface area contributed by atoms with Crippen LogP contribution in [-0.2, 0) is 4.79 Å². The number of hydrogen-bond donors (Lipinski definition) is 3. The molecule has 2 aromatic carbocycles. The molecule has 10 heteroatoms. The van der Waals surface area contributed by atoms with Gasteiger partial charge >= 0.3 is 5.97 Å². The van der Waals surface area contributed by atoms with Gasteiger partial charge in [-0.2, -0.15) is 5.10 Å². The first-order chi connectivity index (χ1) is 15.4. The van der Waals surface area contributed by atoms with Gasteiger partial charge in [0, 0.05) is 16.2 Å². The van der Waals surface area contributed by atoms with Crippen molar-refractivity contribution in [2.75, 3.05) is 24.9 Å². The van der Waals surface area contributed by atoms with E-state index in [-0.39, 0.29) is 17.1 Å². The van der Waals surface area contributed by atoms with Gasteiger partial charge in [0.2, 0.25) is 0 Å². The Kier molecular flexibility index (Phi) is 5.87. The minimum Gasteiger partial charge on any atom is -0.493 e. The molecule has 164 valence electrons. The highest BCUT2D eigenvalue weighted by Gasteiger charge is 2.30. The van der Waals surface area contributed by atoms with Crippen molar-refractivity contribution in [3.05, 3.63) is 76.0 Å². The summed E-state index contributed by atoms with van der Waals surface area (Å²) in [6, 6.07) is 11.9. The Hall–Kier alpha value is -3.79. The van der Waals surface area contributed by atoms with Crippen molar-refractivity contribution in [1.82, 2.24) is 9.78 Å². The van der Waals surface area contributed by atoms with Crippen LogP contribution in [0.5, 0.6) is 11.5 Å². The summed E-state index contributed by atoms with van der Waals surface area (Å²) >= 11 is 3.51. The molecule has 4 rings (SSSR count). The number of carbonyl (C=O) groups excluding carboxylic acids is 1. The summed E-state index contributed by atoms with van der Waals surface area (Å²) in [5, 5.41) is 19.6. The van der Waals surface area contributed by atoms with Crippen LogP contribution in [0.4, 0.5) is 11.5 Å². The van der Waals surface area contributed by atoms with Crippen LogP contribution >= 0.6 is 15.9 Å². The Balaban J connectivity index is 1.70. The van der Waals surface area contributed by atoms with Crippen molar-refractivity contribution in [2.45, 2.75) is 6.04 Å². The molecule has 0 unspecified atom stereocenters. The van der Waals surface area contributed by atoms with Gasteiger partial charge in [-0.1, -0.05) is 34.1 Å². The highest BCUT2D eigenvalue weighted by atomic mass is 79.9. The largest absolute Gasteiger partial charge is 0.493 e. The third kappa shape index (κ3) is 3.92. The predicted octanol–water partition coefficient (Wildman–Crippen LogP) is 3.90. The number of ether oxygens (including phenoxy) is 2. The van der Waals surface area contributed by atoms with E-state index in [9.17, 15) is 14.7 Å². The molecule has 9 nitrogen and oxygen atoms in total. The Labute approximate surface area is 191 Å². The number of nitrogens with zero attached hydrogens (tertiary/aromatic N) is 2. The second kappa shape index (κ2) is 8.75. The number of anilines is 2. The molecule has 0 aliphatic carbocycles. The summed E-state index contributed by atoms with van der Waals surface area (Å²) in [6.45, 7) is 0. The Morgan fingerprint density at radius 3 is 2.59 bits per heavy atom. The zero-order chi connectivity index (χ0) is 22.8. The molecule has 1 atom stereocenters. The molecule has 1 amide bonds. The van der Waals surface area contributed by atoms with Crippen molar-refractivity contribution in [3.63, 3.8) is 0 Å². The molecule has 1 aromatic heterocycles. The van der Waals surface area contributed by atoms with Crippen LogP contribution in [0.25, 0.3) is 0 Å². The number of carboxylic acid groups (broad SMARTS) is 1. The number of fused-ring (bicyclic) bond motifs is 1. The van der Waals surface area contributed by atoms with Crippen molar-refractivity contribution < 1.29 is 24.2 Å². The first kappa shape index (κ1) is 21.4. The van der Waals surface area contributed by atoms with Crippen molar-refractivity contribution in [3.8, 4) is 11.5 Å². The van der Waals surface area contributed by atoms with E-state index in [1.807, 2.05) is 24.3 Å². The molecule has 0 bridgehead atoms. The van der Waals surface area contributed by atoms with Gasteiger partial charge in [-0.3, -0.25) is 4.79 Å². The highest BCUT2D eigenvalue weighted by Crippen LogP contribution is 2.36. The molecule has 1 aliphatic heterocycles. The van der Waals surface area contributed by atoms with Crippen LogP contribution in [-0.4, -0.2) is 41.0 Å². The summed E-state index contributed by atoms with van der Waals surface area (Å²) in [7, 11) is 3.03. The quantitative estimate of drug-likeness (QED) is 0.472. The number of aromatic nitrogens is 2. The topological polar surface area (TPSA) is 115 Å². The molecule has 3 N–H and O–H groups in total. The van der Waals surface area contributed by atoms with E-state index in [2.05, 4.69) is 31.7 Å². The number of hydrogen-bond acceptors (Lipinski definition) is 6. The maximum absolute atomic E-state index is 13.0. The summed E-state index contributed by atoms with van der Waals surface area (Å²) in [5.74, 6) is -0.319. The SMILES string of the molecule is COc1ccc(NC(=O)c2cnn3c2NC(C(=O)O)=C[C@@H]3c2ccccc2Br)cc1OC. The van der Waals surface area contributed by atoms with Crippen molar-refractivity contribution >= 4 is 39.3 Å². The molecule has 2 heterocycles. The van der Waals surface area contributed by atoms with Gasteiger partial charge in [0.1, 0.15) is 23.1 Å². The molecule has 0 saturated heterocycles. The third-order valence-electron chi connectivity index (χ3n) is 4.98. The predicted molar refractivity (Wildman–Crippen MR) is 121 cm³/mol. The van der Waals surface area contributed by atoms with Crippen molar-refractivity contribution in [2.24, 2.45) is 0 Å². The number of rotatable bonds is 6. The van der Waals surface area contributed by atoms with Crippen LogP contribution in [0, 0.1) is 0 Å². The monoisotopic (exact) mass is 498 g/mol. The minimum atomic E-state index is -1.14. The molecule has 0 fully saturated rings. The van der Waals surface area contributed by atoms with Gasteiger partial charge in [0.25, 0.3) is 5.91 Å². The standard InChI is InChI=1S/C22H19BrN4O5/c1-31-18-8-7-12(9-19(18)32-2)25-21(28)14-11-24-27-17(13-5-3-4-6-15(13)23)10-16(22(29)30)26-20(14)27/h3-11,17,26H,1-2H3,(H,25,28)(H,29,30)/t17-/m1/s1. The molecular formula is C22H19BrN4O5. The lowest BCUT2D eigenvalue weighted by Gasteiger charge is -2.25. The average molecular weight is 499 g/mol. The molecule has 0 saturated carbocycles. The van der Waals surface area contributed by atoms with Crippen LogP contribution in [0.3, 0.4) is 0 Å². The van der Waals surface area contributed by atoms with E-state index in [1.54, 1.807) is 29.0 Å². The fourth-order valence-electron chi connectivity index (χ4n) is 3.44. The van der Waals surface area contributed by atoms with Gasteiger partial charge in [0.05, 0.1) is 20.4 Å². The molecule has 0 radical (unpaired) electrons. The summed E-state index contributed by atoms with van der Waals surface area (Å²) in [6.07, 6.45) is 2.96. The van der Waals surface area contributed by atoms with Crippen molar-refractivity contribution in [1.29, 1.82) is 0 Å². The lowest BCUT2D eigenvalue weighted by atomic mass is 10.0. The first-order valence-electron chi connectivity index (χ1n) is 9.50. The molecule has 1 aliphatic rings. The first-order valence-corrected chi connectivity index (χ1v) is 10.3. The second-order valence-corrected chi connectivity index (χ2v) is 7.71. The van der Waals surface area contributed by atoms with Gasteiger partial charge in [-0.05, 0) is 29.8 Å². The van der Waals surface area contributed by atoms with E-state index in [1.165, 1.54) is 20.4 Å². The van der Waals surface area contributed by atoms with E-state index in [0.29, 0.717) is 17.2 Å². The summed E-state index contributed by atoms with van der Waals surface area (Å²) in [4.78, 5) is 24.8. The maximum Gasteiger partial charge on any atom is 0.352 e. The van der Waals surface area contributed by atoms with Crippen LogP contribution in [0.2, 0.25) is 0 Å². The molecule has 3 aromatic rings. The molecule has 32 heavy (non-hydrogen) atoms. The fourth-order valence-corrected chi connectivity index (χ4v) is 3.95. The van der Waals surface area contributed by atoms with Crippen LogP contribution in [0.1, 0.15) is 22.0 Å². The normalized spacial score (nSPS) is 14.6. The molecular weight excluding hydrogens is 480 g/mol. The number of carbonyl (C=O) groups is 2.